The molecule has 0 aliphatic carbocycles. The summed E-state index contributed by atoms with van der Waals surface area (Å²) in [4.78, 5) is 7.88. The molecular weight excluding hydrogens is 645 g/mol. The highest BCUT2D eigenvalue weighted by Gasteiger charge is 2.29. The fourth-order valence-corrected chi connectivity index (χ4v) is 9.72. The van der Waals surface area contributed by atoms with Gasteiger partial charge in [-0.15, -0.1) is 0 Å². The molecule has 13 rings (SSSR count). The molecule has 0 atom stereocenters. The highest BCUT2D eigenvalue weighted by molar-refractivity contribution is 6.41. The molecule has 0 aliphatic rings. The molecule has 53 heavy (non-hydrogen) atoms. The predicted octanol–water partition coefficient (Wildman–Crippen LogP) is 13.2. The highest BCUT2D eigenvalue weighted by atomic mass is 15.2. The third-order valence-corrected chi connectivity index (χ3v) is 11.7. The predicted molar refractivity (Wildman–Crippen MR) is 223 cm³/mol. The molecule has 13 aromatic rings. The molecule has 0 spiro atoms. The monoisotopic (exact) mass is 672 g/mol. The van der Waals surface area contributed by atoms with Gasteiger partial charge in [0, 0.05) is 54.5 Å². The number of aromatic nitrogens is 3. The van der Waals surface area contributed by atoms with Crippen LogP contribution >= 0.6 is 0 Å². The first kappa shape index (κ1) is 27.5. The van der Waals surface area contributed by atoms with Crippen LogP contribution in [-0.2, 0) is 0 Å². The number of hydrogen-bond acceptors (Lipinski definition) is 2. The molecular formula is C49H28N4. The maximum atomic E-state index is 5.49. The van der Waals surface area contributed by atoms with Gasteiger partial charge in [-0.25, -0.2) is 4.98 Å². The van der Waals surface area contributed by atoms with Crippen molar-refractivity contribution in [3.05, 3.63) is 170 Å². The van der Waals surface area contributed by atoms with Gasteiger partial charge in [-0.2, -0.15) is 0 Å². The molecule has 4 heteroatoms. The maximum Gasteiger partial charge on any atom is 0.146 e. The van der Waals surface area contributed by atoms with Crippen LogP contribution in [0.1, 0.15) is 0 Å². The van der Waals surface area contributed by atoms with Gasteiger partial charge in [0.2, 0.25) is 0 Å². The molecule has 0 amide bonds. The standard InChI is InChI=1S/C49H28N4/c1-3-16-31(17-4-1)51(32-18-5-2-6-19-32)40-25-13-23-36-42-33-20-9-7-15-30(33)27-38-44-45-41(28-50-49(44)53(46(36)40)48(38)42)52-39-24-12-11-22-35(39)37-26-29-14-8-10-21-34(29)43(45)47(37)52/h1-28H. The van der Waals surface area contributed by atoms with Crippen LogP contribution in [0.4, 0.5) is 17.1 Å². The Kier molecular flexibility index (Phi) is 5.08. The average Bonchev–Trinajstić information content (AvgIpc) is 3.95. The van der Waals surface area contributed by atoms with Crippen molar-refractivity contribution < 1.29 is 0 Å². The number of fused-ring (bicyclic) bond motifs is 17. The van der Waals surface area contributed by atoms with Gasteiger partial charge >= 0.3 is 0 Å². The smallest absolute Gasteiger partial charge is 0.146 e. The number of para-hydroxylation sites is 4. The molecule has 0 saturated carbocycles. The molecule has 0 saturated heterocycles. The summed E-state index contributed by atoms with van der Waals surface area (Å²) in [6.45, 7) is 0. The molecule has 0 N–H and O–H groups in total. The van der Waals surface area contributed by atoms with Gasteiger partial charge in [-0.05, 0) is 70.1 Å². The van der Waals surface area contributed by atoms with E-state index in [9.17, 15) is 0 Å². The van der Waals surface area contributed by atoms with Crippen molar-refractivity contribution >= 4 is 115 Å². The van der Waals surface area contributed by atoms with Crippen molar-refractivity contribution in [3.63, 3.8) is 0 Å². The minimum atomic E-state index is 0.985. The summed E-state index contributed by atoms with van der Waals surface area (Å²) in [6, 6.07) is 59.6. The molecule has 244 valence electrons. The van der Waals surface area contributed by atoms with Gasteiger partial charge in [0.15, 0.2) is 0 Å². The molecule has 8 aromatic carbocycles. The number of nitrogens with zero attached hydrogens (tertiary/aromatic N) is 4. The van der Waals surface area contributed by atoms with E-state index in [0.717, 1.165) is 33.7 Å². The van der Waals surface area contributed by atoms with E-state index < -0.39 is 0 Å². The Morgan fingerprint density at radius 1 is 0.377 bits per heavy atom. The first-order chi connectivity index (χ1) is 26.3. The lowest BCUT2D eigenvalue weighted by molar-refractivity contribution is 1.24. The van der Waals surface area contributed by atoms with E-state index in [1.165, 1.54) is 81.2 Å². The summed E-state index contributed by atoms with van der Waals surface area (Å²) in [5.74, 6) is 0. The Balaban J connectivity index is 1.31. The van der Waals surface area contributed by atoms with Gasteiger partial charge in [0.25, 0.3) is 0 Å². The van der Waals surface area contributed by atoms with Crippen molar-refractivity contribution in [2.45, 2.75) is 0 Å². The third kappa shape index (κ3) is 3.34. The van der Waals surface area contributed by atoms with Crippen LogP contribution in [-0.4, -0.2) is 13.8 Å². The van der Waals surface area contributed by atoms with E-state index in [2.05, 4.69) is 184 Å². The number of pyridine rings is 1. The summed E-state index contributed by atoms with van der Waals surface area (Å²) in [5, 5.41) is 15.1. The van der Waals surface area contributed by atoms with Crippen LogP contribution in [0.5, 0.6) is 0 Å². The largest absolute Gasteiger partial charge is 0.308 e. The number of hydrogen-bond donors (Lipinski definition) is 0. The van der Waals surface area contributed by atoms with E-state index in [0.29, 0.717) is 0 Å². The first-order valence-corrected chi connectivity index (χ1v) is 18.2. The summed E-state index contributed by atoms with van der Waals surface area (Å²) >= 11 is 0. The zero-order valence-corrected chi connectivity index (χ0v) is 28.5. The summed E-state index contributed by atoms with van der Waals surface area (Å²) in [6.07, 6.45) is 2.13. The van der Waals surface area contributed by atoms with Gasteiger partial charge in [0.1, 0.15) is 5.65 Å². The second-order valence-electron chi connectivity index (χ2n) is 14.3. The molecule has 4 nitrogen and oxygen atoms in total. The van der Waals surface area contributed by atoms with Crippen molar-refractivity contribution in [2.75, 3.05) is 4.90 Å². The Hall–Kier alpha value is -7.17. The highest BCUT2D eigenvalue weighted by Crippen LogP contribution is 2.51. The molecule has 5 heterocycles. The zero-order valence-electron chi connectivity index (χ0n) is 28.5. The van der Waals surface area contributed by atoms with Crippen molar-refractivity contribution in [1.82, 2.24) is 13.8 Å². The van der Waals surface area contributed by atoms with Crippen molar-refractivity contribution in [3.8, 4) is 0 Å². The van der Waals surface area contributed by atoms with Gasteiger partial charge < -0.3 is 9.30 Å². The third-order valence-electron chi connectivity index (χ3n) is 11.7. The second-order valence-corrected chi connectivity index (χ2v) is 14.3. The summed E-state index contributed by atoms with van der Waals surface area (Å²) in [7, 11) is 0. The Bertz CT molecular complexity index is 3580. The molecule has 0 fully saturated rings. The van der Waals surface area contributed by atoms with Crippen molar-refractivity contribution in [1.29, 1.82) is 0 Å². The lowest BCUT2D eigenvalue weighted by Gasteiger charge is -2.26. The molecule has 0 unspecified atom stereocenters. The van der Waals surface area contributed by atoms with Crippen LogP contribution in [0.15, 0.2) is 170 Å². The number of benzene rings is 8. The van der Waals surface area contributed by atoms with Crippen molar-refractivity contribution in [2.24, 2.45) is 0 Å². The summed E-state index contributed by atoms with van der Waals surface area (Å²) < 4.78 is 4.95. The van der Waals surface area contributed by atoms with E-state index in [1.807, 2.05) is 0 Å². The summed E-state index contributed by atoms with van der Waals surface area (Å²) in [5.41, 5.74) is 10.3. The SMILES string of the molecule is c1ccc(N(c2ccccc2)c2cccc3c4c5ccccc5cc5c6c7c8c9ccccc9cc9c%10ccccc%10n(c7cnc6n(c23)c54)c98)cc1. The first-order valence-electron chi connectivity index (χ1n) is 18.2. The van der Waals surface area contributed by atoms with Gasteiger partial charge in [-0.1, -0.05) is 115 Å². The van der Waals surface area contributed by atoms with E-state index in [-0.39, 0.29) is 0 Å². The Morgan fingerprint density at radius 3 is 1.70 bits per heavy atom. The fraction of sp³-hybridized carbons (Fsp3) is 0. The van der Waals surface area contributed by atoms with E-state index in [1.54, 1.807) is 0 Å². The molecule has 5 aromatic heterocycles. The molecule has 0 radical (unpaired) electrons. The Labute approximate surface area is 302 Å². The quantitative estimate of drug-likeness (QED) is 0.187. The minimum Gasteiger partial charge on any atom is -0.308 e. The number of anilines is 3. The lowest BCUT2D eigenvalue weighted by Crippen LogP contribution is -2.10. The zero-order chi connectivity index (χ0) is 34.4. The lowest BCUT2D eigenvalue weighted by atomic mass is 9.97. The van der Waals surface area contributed by atoms with Crippen LogP contribution in [0.3, 0.4) is 0 Å². The average molecular weight is 673 g/mol. The topological polar surface area (TPSA) is 24.9 Å². The number of rotatable bonds is 3. The molecule has 0 aliphatic heterocycles. The maximum absolute atomic E-state index is 5.49. The molecule has 0 bridgehead atoms. The van der Waals surface area contributed by atoms with Gasteiger partial charge in [-0.3, -0.25) is 4.40 Å². The van der Waals surface area contributed by atoms with E-state index >= 15 is 0 Å². The van der Waals surface area contributed by atoms with Gasteiger partial charge in [0.05, 0.1) is 39.5 Å². The fourth-order valence-electron chi connectivity index (χ4n) is 9.72. The van der Waals surface area contributed by atoms with E-state index in [4.69, 9.17) is 4.98 Å². The van der Waals surface area contributed by atoms with Crippen LogP contribution in [0.25, 0.3) is 97.9 Å². The van der Waals surface area contributed by atoms with Crippen LogP contribution in [0.2, 0.25) is 0 Å². The second kappa shape index (κ2) is 9.78. The normalized spacial score (nSPS) is 12.5. The van der Waals surface area contributed by atoms with Crippen LogP contribution in [0, 0.1) is 0 Å². The van der Waals surface area contributed by atoms with Crippen LogP contribution < -0.4 is 4.90 Å². The Morgan fingerprint density at radius 2 is 0.962 bits per heavy atom. The minimum absolute atomic E-state index is 0.985.